The lowest BCUT2D eigenvalue weighted by Gasteiger charge is -2.26. The summed E-state index contributed by atoms with van der Waals surface area (Å²) in [6.07, 6.45) is 19.0. The molecule has 10 unspecified atom stereocenters. The van der Waals surface area contributed by atoms with Crippen LogP contribution in [0.4, 0.5) is 0 Å². The van der Waals surface area contributed by atoms with Crippen LogP contribution in [0.1, 0.15) is 132 Å². The molecule has 0 spiro atoms. The van der Waals surface area contributed by atoms with Gasteiger partial charge in [0.1, 0.15) is 18.8 Å². The molecule has 3 aliphatic carbocycles. The predicted molar refractivity (Wildman–Crippen MR) is 170 cm³/mol. The van der Waals surface area contributed by atoms with Gasteiger partial charge in [-0.05, 0) is 68.6 Å². The quantitative estimate of drug-likeness (QED) is 0.121. The van der Waals surface area contributed by atoms with Gasteiger partial charge in [0.05, 0.1) is 37.4 Å². The highest BCUT2D eigenvalue weighted by molar-refractivity contribution is 5.71. The van der Waals surface area contributed by atoms with E-state index in [-0.39, 0.29) is 18.0 Å². The van der Waals surface area contributed by atoms with E-state index >= 15 is 0 Å². The fourth-order valence-corrected chi connectivity index (χ4v) is 6.76. The van der Waals surface area contributed by atoms with Gasteiger partial charge in [0, 0.05) is 6.61 Å². The third-order valence-electron chi connectivity index (χ3n) is 10.5. The zero-order chi connectivity index (χ0) is 30.5. The molecule has 0 N–H and O–H groups in total. The van der Waals surface area contributed by atoms with Crippen molar-refractivity contribution in [3.8, 4) is 0 Å². The van der Waals surface area contributed by atoms with Gasteiger partial charge in [0.2, 0.25) is 0 Å². The molecule has 6 aliphatic rings. The summed E-state index contributed by atoms with van der Waals surface area (Å²) >= 11 is 0. The molecular formula is C36H66O6. The second kappa shape index (κ2) is 18.3. The highest BCUT2D eigenvalue weighted by atomic mass is 16.6. The maximum absolute atomic E-state index is 11.0. The highest BCUT2D eigenvalue weighted by Crippen LogP contribution is 2.54. The molecule has 6 nitrogen and oxygen atoms in total. The lowest BCUT2D eigenvalue weighted by Crippen LogP contribution is -2.27. The van der Waals surface area contributed by atoms with Crippen LogP contribution in [0.5, 0.6) is 0 Å². The summed E-state index contributed by atoms with van der Waals surface area (Å²) in [6, 6.07) is 0. The van der Waals surface area contributed by atoms with Gasteiger partial charge in [-0.3, -0.25) is 4.79 Å². The number of ether oxygens (including phenoxy) is 5. The van der Waals surface area contributed by atoms with E-state index in [1.165, 1.54) is 69.6 Å². The van der Waals surface area contributed by atoms with E-state index in [0.717, 1.165) is 50.6 Å². The Bertz CT molecular complexity index is 749. The normalized spacial score (nSPS) is 36.0. The molecule has 3 aliphatic heterocycles. The van der Waals surface area contributed by atoms with E-state index in [1.54, 1.807) is 19.3 Å². The fraction of sp³-hybridized carbons (Fsp3) is 0.972. The molecule has 0 radical (unpaired) electrons. The second-order valence-electron chi connectivity index (χ2n) is 14.2. The van der Waals surface area contributed by atoms with E-state index in [0.29, 0.717) is 24.4 Å². The van der Waals surface area contributed by atoms with Gasteiger partial charge in [-0.2, -0.15) is 0 Å². The summed E-state index contributed by atoms with van der Waals surface area (Å²) in [5.74, 6) is 5.14. The third-order valence-corrected chi connectivity index (χ3v) is 10.5. The first kappa shape index (κ1) is 35.8. The molecule has 0 aromatic carbocycles. The van der Waals surface area contributed by atoms with Gasteiger partial charge < -0.3 is 23.7 Å². The molecule has 3 heterocycles. The topological polar surface area (TPSA) is 73.1 Å². The van der Waals surface area contributed by atoms with Crippen LogP contribution in [-0.4, -0.2) is 62.9 Å². The van der Waals surface area contributed by atoms with Crippen LogP contribution >= 0.6 is 0 Å². The smallest absolute Gasteiger partial charge is 0.308 e. The largest absolute Gasteiger partial charge is 0.463 e. The van der Waals surface area contributed by atoms with Gasteiger partial charge in [-0.25, -0.2) is 0 Å². The number of rotatable bonds is 13. The lowest BCUT2D eigenvalue weighted by molar-refractivity contribution is -0.148. The van der Waals surface area contributed by atoms with E-state index in [2.05, 4.69) is 34.6 Å². The van der Waals surface area contributed by atoms with Crippen molar-refractivity contribution >= 4 is 5.97 Å². The van der Waals surface area contributed by atoms with Crippen LogP contribution in [0.2, 0.25) is 0 Å². The number of carbonyl (C=O) groups is 1. The summed E-state index contributed by atoms with van der Waals surface area (Å²) in [4.78, 5) is 11.0. The standard InChI is InChI=1S/C11H20O.C10H18.C8H14O3.C7H14O2/c1-4-8(2)9-6-5-7-11(3)10(9)12-11;1-2-4-8-5-3-6-9-7-10(8)9;1-3-6(2)8(9)11-5-7-4-10-7;1-2-3-4-8-5-7-6-9-7/h8-10H,4-7H2,1-3H3;8-10H,2-7H2,1H3;6-7H,3-5H2,1-2H3;7H,2-6H2,1H3. The van der Waals surface area contributed by atoms with Gasteiger partial charge in [0.25, 0.3) is 0 Å². The molecule has 10 atom stereocenters. The Balaban J connectivity index is 0.000000155. The molecular weight excluding hydrogens is 528 g/mol. The molecule has 42 heavy (non-hydrogen) atoms. The van der Waals surface area contributed by atoms with Gasteiger partial charge in [-0.1, -0.05) is 92.9 Å². The zero-order valence-corrected chi connectivity index (χ0v) is 28.4. The Kier molecular flexibility index (Phi) is 15.6. The van der Waals surface area contributed by atoms with Crippen molar-refractivity contribution in [3.05, 3.63) is 0 Å². The van der Waals surface area contributed by atoms with Crippen LogP contribution in [0.25, 0.3) is 0 Å². The molecule has 3 saturated heterocycles. The zero-order valence-electron chi connectivity index (χ0n) is 28.4. The Morgan fingerprint density at radius 3 is 2.26 bits per heavy atom. The fourth-order valence-electron chi connectivity index (χ4n) is 6.76. The molecule has 0 aromatic heterocycles. The lowest BCUT2D eigenvalue weighted by atomic mass is 9.75. The summed E-state index contributed by atoms with van der Waals surface area (Å²) < 4.78 is 25.9. The predicted octanol–water partition coefficient (Wildman–Crippen LogP) is 8.39. The number of unbranched alkanes of at least 4 members (excludes halogenated alkanes) is 1. The first-order valence-corrected chi connectivity index (χ1v) is 17.9. The average molecular weight is 595 g/mol. The van der Waals surface area contributed by atoms with E-state index in [4.69, 9.17) is 23.7 Å². The Labute approximate surface area is 258 Å². The third kappa shape index (κ3) is 12.7. The van der Waals surface area contributed by atoms with Crippen LogP contribution < -0.4 is 0 Å². The SMILES string of the molecule is CCC(C)C(=O)OCC1CO1.CCC(C)C1CCCC2(C)OC12.CCCC1CCCC2CC12.CCCCOCC1CO1. The van der Waals surface area contributed by atoms with Gasteiger partial charge >= 0.3 is 5.97 Å². The summed E-state index contributed by atoms with van der Waals surface area (Å²) in [5.41, 5.74) is 0.298. The van der Waals surface area contributed by atoms with E-state index in [9.17, 15) is 4.79 Å². The highest BCUT2D eigenvalue weighted by Gasteiger charge is 2.58. The molecule has 246 valence electrons. The average Bonchev–Trinajstić information content (AvgIpc) is 3.81. The Morgan fingerprint density at radius 2 is 1.64 bits per heavy atom. The van der Waals surface area contributed by atoms with Crippen molar-refractivity contribution in [1.82, 2.24) is 0 Å². The number of esters is 1. The summed E-state index contributed by atoms with van der Waals surface area (Å²) in [7, 11) is 0. The number of carbonyl (C=O) groups excluding carboxylic acids is 1. The van der Waals surface area contributed by atoms with Crippen molar-refractivity contribution in [2.75, 3.05) is 33.0 Å². The number of hydrogen-bond donors (Lipinski definition) is 0. The number of epoxide rings is 3. The van der Waals surface area contributed by atoms with Crippen LogP contribution in [0.15, 0.2) is 0 Å². The minimum atomic E-state index is -0.108. The molecule has 6 heteroatoms. The number of fused-ring (bicyclic) bond motifs is 2. The van der Waals surface area contributed by atoms with Gasteiger partial charge in [0.15, 0.2) is 0 Å². The Hall–Kier alpha value is -0.690. The molecule has 6 rings (SSSR count). The monoisotopic (exact) mass is 594 g/mol. The van der Waals surface area contributed by atoms with Crippen molar-refractivity contribution in [1.29, 1.82) is 0 Å². The first-order valence-electron chi connectivity index (χ1n) is 17.9. The summed E-state index contributed by atoms with van der Waals surface area (Å²) in [6.45, 7) is 19.1. The van der Waals surface area contributed by atoms with Crippen molar-refractivity contribution in [2.24, 2.45) is 35.5 Å². The van der Waals surface area contributed by atoms with Gasteiger partial charge in [-0.15, -0.1) is 0 Å². The Morgan fingerprint density at radius 1 is 0.929 bits per heavy atom. The molecule has 0 aromatic rings. The minimum absolute atomic E-state index is 0.0220. The van der Waals surface area contributed by atoms with Crippen molar-refractivity contribution in [2.45, 2.75) is 156 Å². The van der Waals surface area contributed by atoms with Crippen LogP contribution in [0, 0.1) is 35.5 Å². The minimum Gasteiger partial charge on any atom is -0.463 e. The number of hydrogen-bond acceptors (Lipinski definition) is 6. The summed E-state index contributed by atoms with van der Waals surface area (Å²) in [5, 5.41) is 0. The second-order valence-corrected chi connectivity index (χ2v) is 14.2. The molecule has 0 amide bonds. The van der Waals surface area contributed by atoms with E-state index < -0.39 is 0 Å². The maximum Gasteiger partial charge on any atom is 0.308 e. The molecule has 0 bridgehead atoms. The molecule has 6 fully saturated rings. The first-order chi connectivity index (χ1) is 20.3. The van der Waals surface area contributed by atoms with Crippen LogP contribution in [0.3, 0.4) is 0 Å². The molecule has 3 saturated carbocycles. The van der Waals surface area contributed by atoms with Crippen molar-refractivity contribution in [3.63, 3.8) is 0 Å². The maximum atomic E-state index is 11.0. The van der Waals surface area contributed by atoms with Crippen molar-refractivity contribution < 1.29 is 28.5 Å². The van der Waals surface area contributed by atoms with Crippen LogP contribution in [-0.2, 0) is 28.5 Å². The van der Waals surface area contributed by atoms with E-state index in [1.807, 2.05) is 13.8 Å².